The molecule has 1 amide bonds. The summed E-state index contributed by atoms with van der Waals surface area (Å²) in [6.45, 7) is 9.83. The Kier molecular flexibility index (Phi) is 5.72. The van der Waals surface area contributed by atoms with Gasteiger partial charge in [0.05, 0.1) is 5.69 Å². The van der Waals surface area contributed by atoms with Crippen LogP contribution >= 0.6 is 0 Å². The number of carbonyl (C=O) groups is 1. The lowest BCUT2D eigenvalue weighted by Gasteiger charge is -2.18. The molecule has 6 nitrogen and oxygen atoms in total. The molecule has 1 aromatic heterocycles. The van der Waals surface area contributed by atoms with Crippen LogP contribution in [0.4, 0.5) is 0 Å². The average Bonchev–Trinajstić information content (AvgIpc) is 2.95. The minimum Gasteiger partial charge on any atom is -0.396 e. The third kappa shape index (κ3) is 3.82. The van der Waals surface area contributed by atoms with Gasteiger partial charge >= 0.3 is 0 Å². The number of amides is 1. The number of aryl methyl sites for hydroxylation is 1. The Hall–Kier alpha value is -2.21. The van der Waals surface area contributed by atoms with Crippen LogP contribution in [-0.4, -0.2) is 38.4 Å². The molecule has 130 valence electrons. The maximum atomic E-state index is 12.4. The van der Waals surface area contributed by atoms with Crippen molar-refractivity contribution in [2.24, 2.45) is 5.92 Å². The topological polar surface area (TPSA) is 80.0 Å². The van der Waals surface area contributed by atoms with Crippen molar-refractivity contribution in [3.8, 4) is 5.69 Å². The van der Waals surface area contributed by atoms with Gasteiger partial charge in [-0.05, 0) is 37.3 Å². The molecule has 2 unspecified atom stereocenters. The van der Waals surface area contributed by atoms with Gasteiger partial charge in [-0.15, -0.1) is 5.10 Å². The van der Waals surface area contributed by atoms with E-state index >= 15 is 0 Å². The number of rotatable bonds is 6. The molecule has 2 aromatic rings. The maximum Gasteiger partial charge on any atom is 0.291 e. The molecule has 0 saturated carbocycles. The first-order valence-corrected chi connectivity index (χ1v) is 8.29. The number of aromatic nitrogens is 3. The number of aliphatic hydroxyl groups is 1. The first kappa shape index (κ1) is 18.1. The summed E-state index contributed by atoms with van der Waals surface area (Å²) in [6, 6.07) is 7.84. The van der Waals surface area contributed by atoms with Gasteiger partial charge in [-0.25, -0.2) is 9.67 Å². The molecule has 0 aliphatic rings. The highest BCUT2D eigenvalue weighted by Crippen LogP contribution is 2.23. The summed E-state index contributed by atoms with van der Waals surface area (Å²) in [5.41, 5.74) is 2.09. The lowest BCUT2D eigenvalue weighted by atomic mass is 10.0. The third-order valence-corrected chi connectivity index (χ3v) is 4.26. The monoisotopic (exact) mass is 330 g/mol. The van der Waals surface area contributed by atoms with Gasteiger partial charge in [0.2, 0.25) is 5.82 Å². The minimum absolute atomic E-state index is 0.0180. The van der Waals surface area contributed by atoms with Gasteiger partial charge in [0.25, 0.3) is 5.91 Å². The maximum absolute atomic E-state index is 12.4. The van der Waals surface area contributed by atoms with Crippen molar-refractivity contribution in [1.29, 1.82) is 0 Å². The fourth-order valence-electron chi connectivity index (χ4n) is 2.45. The zero-order valence-electron chi connectivity index (χ0n) is 14.9. The summed E-state index contributed by atoms with van der Waals surface area (Å²) >= 11 is 0. The van der Waals surface area contributed by atoms with Crippen LogP contribution in [0.3, 0.4) is 0 Å². The van der Waals surface area contributed by atoms with Crippen LogP contribution in [0.2, 0.25) is 0 Å². The lowest BCUT2D eigenvalue weighted by Crippen LogP contribution is -2.38. The van der Waals surface area contributed by atoms with Gasteiger partial charge in [-0.3, -0.25) is 4.79 Å². The minimum atomic E-state index is -0.327. The number of aliphatic hydroxyl groups excluding tert-OH is 1. The van der Waals surface area contributed by atoms with Crippen LogP contribution in [0.25, 0.3) is 5.69 Å². The molecule has 0 fully saturated rings. The van der Waals surface area contributed by atoms with Crippen LogP contribution in [0.15, 0.2) is 24.3 Å². The van der Waals surface area contributed by atoms with Crippen LogP contribution in [-0.2, 0) is 0 Å². The van der Waals surface area contributed by atoms with E-state index in [4.69, 9.17) is 0 Å². The lowest BCUT2D eigenvalue weighted by molar-refractivity contribution is 0.0905. The first-order valence-electron chi connectivity index (χ1n) is 8.29. The molecule has 6 heteroatoms. The summed E-state index contributed by atoms with van der Waals surface area (Å²) < 4.78 is 1.71. The van der Waals surface area contributed by atoms with Gasteiger partial charge in [0.1, 0.15) is 5.82 Å². The molecular weight excluding hydrogens is 304 g/mol. The standard InChI is InChI=1S/C18H26N4O2/c1-11(2)15-8-6-7-9-16(15)22-14(5)20-17(21-22)18(24)19-13(4)12(3)10-23/h6-9,11-13,23H,10H2,1-5H3,(H,19,24). The summed E-state index contributed by atoms with van der Waals surface area (Å²) in [5.74, 6) is 0.789. The number of nitrogens with one attached hydrogen (secondary N) is 1. The molecule has 0 saturated heterocycles. The Bertz CT molecular complexity index is 709. The van der Waals surface area contributed by atoms with E-state index in [0.717, 1.165) is 11.3 Å². The molecule has 0 radical (unpaired) electrons. The molecule has 2 N–H and O–H groups in total. The van der Waals surface area contributed by atoms with E-state index in [1.54, 1.807) is 4.68 Å². The van der Waals surface area contributed by atoms with Gasteiger partial charge in [0, 0.05) is 12.6 Å². The van der Waals surface area contributed by atoms with Crippen LogP contribution < -0.4 is 5.32 Å². The zero-order valence-corrected chi connectivity index (χ0v) is 14.9. The average molecular weight is 330 g/mol. The number of carbonyl (C=O) groups excluding carboxylic acids is 1. The summed E-state index contributed by atoms with van der Waals surface area (Å²) in [7, 11) is 0. The second-order valence-electron chi connectivity index (χ2n) is 6.53. The highest BCUT2D eigenvalue weighted by molar-refractivity contribution is 5.90. The number of para-hydroxylation sites is 1. The van der Waals surface area contributed by atoms with E-state index < -0.39 is 0 Å². The molecule has 0 aliphatic carbocycles. The van der Waals surface area contributed by atoms with Gasteiger partial charge in [-0.1, -0.05) is 39.0 Å². The Morgan fingerprint density at radius 3 is 2.54 bits per heavy atom. The Morgan fingerprint density at radius 1 is 1.25 bits per heavy atom. The number of nitrogens with zero attached hydrogens (tertiary/aromatic N) is 3. The van der Waals surface area contributed by atoms with E-state index in [9.17, 15) is 9.90 Å². The summed E-state index contributed by atoms with van der Waals surface area (Å²) in [4.78, 5) is 16.7. The third-order valence-electron chi connectivity index (χ3n) is 4.26. The number of benzene rings is 1. The summed E-state index contributed by atoms with van der Waals surface area (Å²) in [5, 5.41) is 16.4. The smallest absolute Gasteiger partial charge is 0.291 e. The fourth-order valence-corrected chi connectivity index (χ4v) is 2.45. The fraction of sp³-hybridized carbons (Fsp3) is 0.500. The van der Waals surface area contributed by atoms with Gasteiger partial charge in [-0.2, -0.15) is 0 Å². The van der Waals surface area contributed by atoms with Gasteiger partial charge in [0.15, 0.2) is 0 Å². The van der Waals surface area contributed by atoms with Crippen molar-refractivity contribution in [2.75, 3.05) is 6.61 Å². The van der Waals surface area contributed by atoms with Crippen molar-refractivity contribution < 1.29 is 9.90 Å². The molecule has 2 rings (SSSR count). The molecule has 24 heavy (non-hydrogen) atoms. The summed E-state index contributed by atoms with van der Waals surface area (Å²) in [6.07, 6.45) is 0. The first-order chi connectivity index (χ1) is 11.3. The normalized spacial score (nSPS) is 13.8. The van der Waals surface area contributed by atoms with Crippen molar-refractivity contribution in [3.63, 3.8) is 0 Å². The largest absolute Gasteiger partial charge is 0.396 e. The molecular formula is C18H26N4O2. The quantitative estimate of drug-likeness (QED) is 0.852. The van der Waals surface area contributed by atoms with E-state index in [1.165, 1.54) is 0 Å². The molecule has 0 bridgehead atoms. The molecule has 1 aromatic carbocycles. The Balaban J connectivity index is 2.30. The molecule has 0 spiro atoms. The molecule has 1 heterocycles. The van der Waals surface area contributed by atoms with E-state index in [-0.39, 0.29) is 30.3 Å². The van der Waals surface area contributed by atoms with Crippen LogP contribution in [0.5, 0.6) is 0 Å². The second kappa shape index (κ2) is 7.57. The van der Waals surface area contributed by atoms with Crippen LogP contribution in [0.1, 0.15) is 55.6 Å². The zero-order chi connectivity index (χ0) is 17.9. The second-order valence-corrected chi connectivity index (χ2v) is 6.53. The van der Waals surface area contributed by atoms with Crippen LogP contribution in [0, 0.1) is 12.8 Å². The molecule has 0 aliphatic heterocycles. The van der Waals surface area contributed by atoms with E-state index in [1.807, 2.05) is 39.0 Å². The highest BCUT2D eigenvalue weighted by atomic mass is 16.3. The van der Waals surface area contributed by atoms with Crippen molar-refractivity contribution in [3.05, 3.63) is 41.5 Å². The number of hydrogen-bond donors (Lipinski definition) is 2. The van der Waals surface area contributed by atoms with Gasteiger partial charge < -0.3 is 10.4 Å². The van der Waals surface area contributed by atoms with E-state index in [2.05, 4.69) is 35.3 Å². The SMILES string of the molecule is Cc1nc(C(=O)NC(C)C(C)CO)nn1-c1ccccc1C(C)C. The predicted molar refractivity (Wildman–Crippen MR) is 93.4 cm³/mol. The Labute approximate surface area is 142 Å². The van der Waals surface area contributed by atoms with E-state index in [0.29, 0.717) is 11.7 Å². The number of hydrogen-bond acceptors (Lipinski definition) is 4. The van der Waals surface area contributed by atoms with Crippen molar-refractivity contribution >= 4 is 5.91 Å². The van der Waals surface area contributed by atoms with Crippen molar-refractivity contribution in [1.82, 2.24) is 20.1 Å². The Morgan fingerprint density at radius 2 is 1.92 bits per heavy atom. The van der Waals surface area contributed by atoms with Crippen molar-refractivity contribution in [2.45, 2.75) is 46.6 Å². The highest BCUT2D eigenvalue weighted by Gasteiger charge is 2.20. The molecule has 2 atom stereocenters. The predicted octanol–water partition coefficient (Wildman–Crippen LogP) is 2.45.